The average molecular weight is 739 g/mol. The van der Waals surface area contributed by atoms with Crippen LogP contribution in [-0.4, -0.2) is 4.57 Å². The van der Waals surface area contributed by atoms with Crippen molar-refractivity contribution in [3.8, 4) is 39.1 Å². The van der Waals surface area contributed by atoms with Crippen molar-refractivity contribution in [3.05, 3.63) is 231 Å². The normalized spacial score (nSPS) is 11.4. The largest absolute Gasteiger partial charge is 0.310 e. The summed E-state index contributed by atoms with van der Waals surface area (Å²) in [6.07, 6.45) is 0. The summed E-state index contributed by atoms with van der Waals surface area (Å²) in [6, 6.07) is 83.8. The Hall–Kier alpha value is -7.68. The molecule has 272 valence electrons. The van der Waals surface area contributed by atoms with Crippen LogP contribution in [0.15, 0.2) is 231 Å². The second kappa shape index (κ2) is 14.1. The highest BCUT2D eigenvalue weighted by atomic mass is 15.1. The van der Waals surface area contributed by atoms with E-state index in [1.54, 1.807) is 0 Å². The monoisotopic (exact) mass is 738 g/mol. The van der Waals surface area contributed by atoms with Gasteiger partial charge in [-0.3, -0.25) is 0 Å². The molecule has 11 aromatic rings. The molecule has 0 atom stereocenters. The number of nitrogens with zero attached hydrogens (tertiary/aromatic N) is 2. The summed E-state index contributed by atoms with van der Waals surface area (Å²) in [5.74, 6) is 0. The van der Waals surface area contributed by atoms with E-state index in [1.165, 1.54) is 76.7 Å². The zero-order chi connectivity index (χ0) is 38.4. The van der Waals surface area contributed by atoms with Crippen LogP contribution < -0.4 is 4.90 Å². The first-order valence-electron chi connectivity index (χ1n) is 19.9. The molecule has 0 aliphatic carbocycles. The van der Waals surface area contributed by atoms with Crippen molar-refractivity contribution in [2.24, 2.45) is 0 Å². The minimum atomic E-state index is 1.09. The molecule has 58 heavy (non-hydrogen) atoms. The first-order chi connectivity index (χ1) is 28.8. The molecule has 10 aromatic carbocycles. The quantitative estimate of drug-likeness (QED) is 0.158. The maximum atomic E-state index is 2.42. The molecule has 0 amide bonds. The van der Waals surface area contributed by atoms with Crippen LogP contribution in [0.5, 0.6) is 0 Å². The van der Waals surface area contributed by atoms with Crippen LogP contribution in [0.2, 0.25) is 0 Å². The fraction of sp³-hybridized carbons (Fsp3) is 0. The van der Waals surface area contributed by atoms with Crippen molar-refractivity contribution in [2.45, 2.75) is 0 Å². The molecule has 0 spiro atoms. The Balaban J connectivity index is 1.13. The number of fused-ring (bicyclic) bond motifs is 6. The van der Waals surface area contributed by atoms with Crippen LogP contribution in [0.4, 0.5) is 17.1 Å². The van der Waals surface area contributed by atoms with E-state index >= 15 is 0 Å². The van der Waals surface area contributed by atoms with Gasteiger partial charge < -0.3 is 9.47 Å². The molecule has 0 bridgehead atoms. The predicted octanol–water partition coefficient (Wildman–Crippen LogP) is 15.6. The van der Waals surface area contributed by atoms with Gasteiger partial charge in [0.25, 0.3) is 0 Å². The molecule has 2 heteroatoms. The smallest absolute Gasteiger partial charge is 0.0619 e. The molecule has 0 unspecified atom stereocenters. The number of rotatable bonds is 7. The lowest BCUT2D eigenvalue weighted by atomic mass is 9.92. The van der Waals surface area contributed by atoms with E-state index in [0.717, 1.165) is 22.7 Å². The fourth-order valence-electron chi connectivity index (χ4n) is 8.78. The highest BCUT2D eigenvalue weighted by Gasteiger charge is 2.20. The maximum Gasteiger partial charge on any atom is 0.0619 e. The van der Waals surface area contributed by atoms with Crippen LogP contribution in [0.1, 0.15) is 0 Å². The summed E-state index contributed by atoms with van der Waals surface area (Å²) in [7, 11) is 0. The average Bonchev–Trinajstić information content (AvgIpc) is 3.65. The van der Waals surface area contributed by atoms with Gasteiger partial charge in [-0.15, -0.1) is 0 Å². The lowest BCUT2D eigenvalue weighted by molar-refractivity contribution is 1.19. The van der Waals surface area contributed by atoms with Gasteiger partial charge in [0, 0.05) is 38.9 Å². The Morgan fingerprint density at radius 1 is 0.293 bits per heavy atom. The molecular weight excluding hydrogens is 701 g/mol. The van der Waals surface area contributed by atoms with E-state index in [4.69, 9.17) is 0 Å². The van der Waals surface area contributed by atoms with Gasteiger partial charge in [0.2, 0.25) is 0 Å². The molecular formula is C56H38N2. The standard InChI is InChI=1S/C56H38N2/c1-4-14-39(15-5-1)41-26-29-47(30-27-41)57(49-31-34-50(42-17-6-2-7-18-42)54(38-49)44-25-24-40-16-10-11-19-43(40)36-44)48-32-35-51-45(37-48)28-33-53-52-22-12-13-23-55(52)58(56(51)53)46-20-8-3-9-21-46/h1-38H. The number of aromatic nitrogens is 1. The summed E-state index contributed by atoms with van der Waals surface area (Å²) in [6.45, 7) is 0. The van der Waals surface area contributed by atoms with E-state index < -0.39 is 0 Å². The molecule has 0 saturated carbocycles. The highest BCUT2D eigenvalue weighted by molar-refractivity contribution is 6.19. The van der Waals surface area contributed by atoms with Gasteiger partial charge in [0.15, 0.2) is 0 Å². The van der Waals surface area contributed by atoms with Crippen molar-refractivity contribution in [2.75, 3.05) is 4.90 Å². The Bertz CT molecular complexity index is 3250. The number of benzene rings is 10. The van der Waals surface area contributed by atoms with Crippen LogP contribution in [0.25, 0.3) is 82.4 Å². The highest BCUT2D eigenvalue weighted by Crippen LogP contribution is 2.44. The number of anilines is 3. The summed E-state index contributed by atoms with van der Waals surface area (Å²) < 4.78 is 2.42. The number of hydrogen-bond acceptors (Lipinski definition) is 1. The molecule has 1 heterocycles. The molecule has 11 rings (SSSR count). The summed E-state index contributed by atoms with van der Waals surface area (Å²) in [5, 5.41) is 7.38. The molecule has 0 aliphatic heterocycles. The number of para-hydroxylation sites is 2. The van der Waals surface area contributed by atoms with Crippen LogP contribution >= 0.6 is 0 Å². The third-order valence-corrected chi connectivity index (χ3v) is 11.5. The fourth-order valence-corrected chi connectivity index (χ4v) is 8.78. The predicted molar refractivity (Wildman–Crippen MR) is 247 cm³/mol. The zero-order valence-corrected chi connectivity index (χ0v) is 31.8. The molecule has 2 nitrogen and oxygen atoms in total. The molecule has 0 fully saturated rings. The Labute approximate surface area is 338 Å². The van der Waals surface area contributed by atoms with E-state index in [2.05, 4.69) is 240 Å². The topological polar surface area (TPSA) is 8.17 Å². The van der Waals surface area contributed by atoms with Gasteiger partial charge in [-0.2, -0.15) is 0 Å². The van der Waals surface area contributed by atoms with Crippen molar-refractivity contribution >= 4 is 60.4 Å². The molecule has 0 N–H and O–H groups in total. The maximum absolute atomic E-state index is 2.42. The first-order valence-corrected chi connectivity index (χ1v) is 19.9. The van der Waals surface area contributed by atoms with E-state index in [1.807, 2.05) is 0 Å². The zero-order valence-electron chi connectivity index (χ0n) is 31.8. The van der Waals surface area contributed by atoms with Crippen LogP contribution in [0, 0.1) is 0 Å². The van der Waals surface area contributed by atoms with Gasteiger partial charge in [0.05, 0.1) is 11.0 Å². The second-order valence-corrected chi connectivity index (χ2v) is 15.0. The van der Waals surface area contributed by atoms with Gasteiger partial charge in [-0.1, -0.05) is 170 Å². The van der Waals surface area contributed by atoms with E-state index in [-0.39, 0.29) is 0 Å². The lowest BCUT2D eigenvalue weighted by Gasteiger charge is -2.27. The van der Waals surface area contributed by atoms with Crippen molar-refractivity contribution in [3.63, 3.8) is 0 Å². The SMILES string of the molecule is c1ccc(-c2ccc(N(c3ccc(-c4ccccc4)c(-c4ccc5ccccc5c4)c3)c3ccc4c(ccc5c6ccccc6n(-c6ccccc6)c45)c3)cc2)cc1. The second-order valence-electron chi connectivity index (χ2n) is 15.0. The van der Waals surface area contributed by atoms with Crippen molar-refractivity contribution in [1.82, 2.24) is 4.57 Å². The van der Waals surface area contributed by atoms with Gasteiger partial charge >= 0.3 is 0 Å². The summed E-state index contributed by atoms with van der Waals surface area (Å²) >= 11 is 0. The third kappa shape index (κ3) is 5.82. The summed E-state index contributed by atoms with van der Waals surface area (Å²) in [5.41, 5.74) is 14.0. The first kappa shape index (κ1) is 33.6. The minimum absolute atomic E-state index is 1.09. The summed E-state index contributed by atoms with van der Waals surface area (Å²) in [4.78, 5) is 2.41. The minimum Gasteiger partial charge on any atom is -0.310 e. The van der Waals surface area contributed by atoms with Gasteiger partial charge in [-0.25, -0.2) is 0 Å². The molecule has 1 aromatic heterocycles. The molecule has 0 aliphatic rings. The van der Waals surface area contributed by atoms with Crippen molar-refractivity contribution < 1.29 is 0 Å². The lowest BCUT2D eigenvalue weighted by Crippen LogP contribution is -2.10. The Morgan fingerprint density at radius 2 is 0.862 bits per heavy atom. The number of hydrogen-bond donors (Lipinski definition) is 0. The van der Waals surface area contributed by atoms with E-state index in [9.17, 15) is 0 Å². The van der Waals surface area contributed by atoms with Gasteiger partial charge in [-0.05, 0) is 110 Å². The van der Waals surface area contributed by atoms with Crippen LogP contribution in [-0.2, 0) is 0 Å². The Morgan fingerprint density at radius 3 is 1.66 bits per heavy atom. The third-order valence-electron chi connectivity index (χ3n) is 11.5. The molecule has 0 saturated heterocycles. The Kier molecular flexibility index (Phi) is 8.19. The van der Waals surface area contributed by atoms with Crippen LogP contribution in [0.3, 0.4) is 0 Å². The molecule has 0 radical (unpaired) electrons. The van der Waals surface area contributed by atoms with Crippen molar-refractivity contribution in [1.29, 1.82) is 0 Å². The van der Waals surface area contributed by atoms with E-state index in [0.29, 0.717) is 0 Å². The van der Waals surface area contributed by atoms with Gasteiger partial charge in [0.1, 0.15) is 0 Å².